The molecule has 0 spiro atoms. The van der Waals surface area contributed by atoms with Crippen LogP contribution < -0.4 is 5.32 Å². The van der Waals surface area contributed by atoms with E-state index in [4.69, 9.17) is 4.74 Å². The monoisotopic (exact) mass is 197 g/mol. The van der Waals surface area contributed by atoms with Crippen LogP contribution in [0.3, 0.4) is 0 Å². The van der Waals surface area contributed by atoms with Gasteiger partial charge in [0.2, 0.25) is 0 Å². The number of likely N-dealkylation sites (N-methyl/N-ethyl adjacent to an activating group) is 1. The maximum atomic E-state index is 5.96. The summed E-state index contributed by atoms with van der Waals surface area (Å²) < 4.78 is 5.96. The molecule has 0 aromatic carbocycles. The van der Waals surface area contributed by atoms with Crippen molar-refractivity contribution in [2.75, 3.05) is 13.2 Å². The third kappa shape index (κ3) is 2.37. The van der Waals surface area contributed by atoms with Gasteiger partial charge in [-0.1, -0.05) is 25.8 Å². The largest absolute Gasteiger partial charge is 0.373 e. The molecule has 1 rings (SSSR count). The fraction of sp³-hybridized carbons (Fsp3) is 0.833. The summed E-state index contributed by atoms with van der Waals surface area (Å²) in [5, 5.41) is 3.46. The summed E-state index contributed by atoms with van der Waals surface area (Å²) >= 11 is 0. The highest BCUT2D eigenvalue weighted by molar-refractivity contribution is 5.05. The first-order valence-corrected chi connectivity index (χ1v) is 5.79. The van der Waals surface area contributed by atoms with E-state index in [9.17, 15) is 0 Å². The van der Waals surface area contributed by atoms with Gasteiger partial charge in [-0.15, -0.1) is 6.58 Å². The van der Waals surface area contributed by atoms with E-state index >= 15 is 0 Å². The molecule has 2 nitrogen and oxygen atoms in total. The van der Waals surface area contributed by atoms with Gasteiger partial charge in [0, 0.05) is 6.61 Å². The zero-order valence-electron chi connectivity index (χ0n) is 9.51. The second kappa shape index (κ2) is 5.52. The van der Waals surface area contributed by atoms with E-state index in [2.05, 4.69) is 25.7 Å². The maximum Gasteiger partial charge on any atom is 0.0870 e. The zero-order chi connectivity index (χ0) is 10.4. The Labute approximate surface area is 87.7 Å². The van der Waals surface area contributed by atoms with E-state index in [-0.39, 0.29) is 5.60 Å². The molecule has 0 aromatic heterocycles. The second-order valence-corrected chi connectivity index (χ2v) is 3.98. The topological polar surface area (TPSA) is 21.3 Å². The van der Waals surface area contributed by atoms with Crippen LogP contribution >= 0.6 is 0 Å². The van der Waals surface area contributed by atoms with Gasteiger partial charge in [0.15, 0.2) is 0 Å². The number of rotatable bonds is 6. The van der Waals surface area contributed by atoms with E-state index in [1.54, 1.807) is 0 Å². The molecule has 0 radical (unpaired) electrons. The standard InChI is InChI=1S/C12H23NO/c1-4-11(13-5-2)12(14-6-3)9-7-8-10-12/h4,11,13H,1,5-10H2,2-3H3. The summed E-state index contributed by atoms with van der Waals surface area (Å²) in [6.45, 7) is 9.89. The van der Waals surface area contributed by atoms with Crippen molar-refractivity contribution in [3.05, 3.63) is 12.7 Å². The van der Waals surface area contributed by atoms with E-state index < -0.39 is 0 Å². The molecule has 14 heavy (non-hydrogen) atoms. The normalized spacial score (nSPS) is 22.1. The predicted molar refractivity (Wildman–Crippen MR) is 60.5 cm³/mol. The van der Waals surface area contributed by atoms with Crippen molar-refractivity contribution in [1.82, 2.24) is 5.32 Å². The number of hydrogen-bond acceptors (Lipinski definition) is 2. The molecular weight excluding hydrogens is 174 g/mol. The molecule has 1 atom stereocenters. The van der Waals surface area contributed by atoms with Crippen molar-refractivity contribution in [3.63, 3.8) is 0 Å². The number of ether oxygens (including phenoxy) is 1. The third-order valence-electron chi connectivity index (χ3n) is 3.11. The van der Waals surface area contributed by atoms with Gasteiger partial charge < -0.3 is 10.1 Å². The first-order chi connectivity index (χ1) is 6.79. The zero-order valence-corrected chi connectivity index (χ0v) is 9.51. The van der Waals surface area contributed by atoms with Gasteiger partial charge in [-0.05, 0) is 26.3 Å². The van der Waals surface area contributed by atoms with Gasteiger partial charge in [-0.3, -0.25) is 0 Å². The Morgan fingerprint density at radius 3 is 2.50 bits per heavy atom. The smallest absolute Gasteiger partial charge is 0.0870 e. The number of nitrogens with one attached hydrogen (secondary N) is 1. The van der Waals surface area contributed by atoms with Crippen LogP contribution in [0.15, 0.2) is 12.7 Å². The van der Waals surface area contributed by atoms with Gasteiger partial charge in [-0.2, -0.15) is 0 Å². The molecule has 2 heteroatoms. The quantitative estimate of drug-likeness (QED) is 0.661. The molecule has 0 aliphatic heterocycles. The van der Waals surface area contributed by atoms with E-state index in [1.807, 2.05) is 6.08 Å². The maximum absolute atomic E-state index is 5.96. The van der Waals surface area contributed by atoms with Crippen LogP contribution in [0.25, 0.3) is 0 Å². The molecule has 1 fully saturated rings. The van der Waals surface area contributed by atoms with Crippen LogP contribution in [0.4, 0.5) is 0 Å². The van der Waals surface area contributed by atoms with Crippen molar-refractivity contribution < 1.29 is 4.74 Å². The Hall–Kier alpha value is -0.340. The fourth-order valence-corrected chi connectivity index (χ4v) is 2.51. The molecule has 0 bridgehead atoms. The Morgan fingerprint density at radius 1 is 1.43 bits per heavy atom. The van der Waals surface area contributed by atoms with Gasteiger partial charge >= 0.3 is 0 Å². The van der Waals surface area contributed by atoms with E-state index in [0.29, 0.717) is 6.04 Å². The van der Waals surface area contributed by atoms with Crippen molar-refractivity contribution in [3.8, 4) is 0 Å². The van der Waals surface area contributed by atoms with E-state index in [1.165, 1.54) is 25.7 Å². The summed E-state index contributed by atoms with van der Waals surface area (Å²) in [4.78, 5) is 0. The van der Waals surface area contributed by atoms with E-state index in [0.717, 1.165) is 13.2 Å². The summed E-state index contributed by atoms with van der Waals surface area (Å²) in [5.74, 6) is 0. The summed E-state index contributed by atoms with van der Waals surface area (Å²) in [7, 11) is 0. The predicted octanol–water partition coefficient (Wildman–Crippen LogP) is 2.50. The minimum absolute atomic E-state index is 0.0342. The lowest BCUT2D eigenvalue weighted by Gasteiger charge is -2.36. The minimum atomic E-state index is 0.0342. The molecule has 0 heterocycles. The lowest BCUT2D eigenvalue weighted by Crippen LogP contribution is -2.49. The van der Waals surface area contributed by atoms with Crippen LogP contribution in [0.2, 0.25) is 0 Å². The van der Waals surface area contributed by atoms with Crippen LogP contribution in [0.1, 0.15) is 39.5 Å². The summed E-state index contributed by atoms with van der Waals surface area (Å²) in [5.41, 5.74) is 0.0342. The molecule has 1 aliphatic carbocycles. The Balaban J connectivity index is 2.67. The van der Waals surface area contributed by atoms with Crippen molar-refractivity contribution in [2.45, 2.75) is 51.2 Å². The van der Waals surface area contributed by atoms with Gasteiger partial charge in [0.1, 0.15) is 0 Å². The Kier molecular flexibility index (Phi) is 4.63. The highest BCUT2D eigenvalue weighted by atomic mass is 16.5. The highest BCUT2D eigenvalue weighted by Gasteiger charge is 2.40. The number of hydrogen-bond donors (Lipinski definition) is 1. The van der Waals surface area contributed by atoms with Crippen molar-refractivity contribution in [2.24, 2.45) is 0 Å². The third-order valence-corrected chi connectivity index (χ3v) is 3.11. The summed E-state index contributed by atoms with van der Waals surface area (Å²) in [6.07, 6.45) is 6.92. The molecular formula is C12H23NO. The molecule has 0 saturated heterocycles. The van der Waals surface area contributed by atoms with Gasteiger partial charge in [0.05, 0.1) is 11.6 Å². The van der Waals surface area contributed by atoms with Gasteiger partial charge in [0.25, 0.3) is 0 Å². The SMILES string of the molecule is C=CC(NCC)C1(OCC)CCCC1. The first kappa shape index (κ1) is 11.7. The Morgan fingerprint density at radius 2 is 2.07 bits per heavy atom. The van der Waals surface area contributed by atoms with Crippen molar-refractivity contribution >= 4 is 0 Å². The lowest BCUT2D eigenvalue weighted by molar-refractivity contribution is -0.0499. The average Bonchev–Trinajstić information content (AvgIpc) is 2.64. The van der Waals surface area contributed by atoms with Gasteiger partial charge in [-0.25, -0.2) is 0 Å². The molecule has 0 aromatic rings. The molecule has 1 saturated carbocycles. The molecule has 82 valence electrons. The van der Waals surface area contributed by atoms with Crippen molar-refractivity contribution in [1.29, 1.82) is 0 Å². The van der Waals surface area contributed by atoms with Crippen LogP contribution in [0, 0.1) is 0 Å². The fourth-order valence-electron chi connectivity index (χ4n) is 2.51. The van der Waals surface area contributed by atoms with Crippen LogP contribution in [-0.2, 0) is 4.74 Å². The first-order valence-electron chi connectivity index (χ1n) is 5.79. The molecule has 1 N–H and O–H groups in total. The van der Waals surface area contributed by atoms with Crippen LogP contribution in [0.5, 0.6) is 0 Å². The molecule has 1 aliphatic rings. The molecule has 0 amide bonds. The highest BCUT2D eigenvalue weighted by Crippen LogP contribution is 2.36. The minimum Gasteiger partial charge on any atom is -0.373 e. The Bertz CT molecular complexity index is 173. The van der Waals surface area contributed by atoms with Crippen LogP contribution in [-0.4, -0.2) is 24.8 Å². The summed E-state index contributed by atoms with van der Waals surface area (Å²) in [6, 6.07) is 0.315. The second-order valence-electron chi connectivity index (χ2n) is 3.98. The molecule has 1 unspecified atom stereocenters. The lowest BCUT2D eigenvalue weighted by atomic mass is 9.92. The average molecular weight is 197 g/mol.